The van der Waals surface area contributed by atoms with Gasteiger partial charge in [0.05, 0.1) is 19.3 Å². The Balaban J connectivity index is 1.73. The topological polar surface area (TPSA) is 178 Å². The first-order chi connectivity index (χ1) is 18.7. The highest BCUT2D eigenvalue weighted by atomic mass is 31.2. The van der Waals surface area contributed by atoms with Crippen LogP contribution in [0.5, 0.6) is 5.75 Å². The van der Waals surface area contributed by atoms with E-state index in [9.17, 15) is 29.2 Å². The molecule has 1 aromatic heterocycles. The molecule has 2 heterocycles. The third-order valence-corrected chi connectivity index (χ3v) is 8.05. The fraction of sp³-hybridized carbons (Fsp3) is 0.577. The van der Waals surface area contributed by atoms with Gasteiger partial charge in [-0.05, 0) is 45.2 Å². The molecule has 0 spiro atoms. The molecule has 2 unspecified atom stereocenters. The van der Waals surface area contributed by atoms with E-state index < -0.39 is 61.5 Å². The van der Waals surface area contributed by atoms with E-state index in [1.54, 1.807) is 37.3 Å². The first-order valence-electron chi connectivity index (χ1n) is 13.0. The van der Waals surface area contributed by atoms with Crippen molar-refractivity contribution in [1.29, 1.82) is 0 Å². The molecule has 4 N–H and O–H groups in total. The number of para-hydroxylation sites is 1. The van der Waals surface area contributed by atoms with E-state index in [0.29, 0.717) is 12.3 Å². The van der Waals surface area contributed by atoms with E-state index in [4.69, 9.17) is 18.5 Å². The lowest BCUT2D eigenvalue weighted by molar-refractivity contribution is -0.150. The first kappa shape index (κ1) is 31.7. The van der Waals surface area contributed by atoms with Crippen molar-refractivity contribution in [2.45, 2.75) is 83.6 Å². The zero-order valence-electron chi connectivity index (χ0n) is 23.2. The van der Waals surface area contributed by atoms with Crippen molar-refractivity contribution < 1.29 is 38.1 Å². The standard InChI is InChI=1S/C26H38N3O10P/c1-16(2)13-17(3)37-24(32)18(4)28-40(35,39-19-9-7-6-8-10-19)36-15-20-23(31)26(5,34)21(38-20)14-29-12-11-22(30)27-25(29)33/h6-12,16-18,20-21,23,31,34H,13-15H2,1-5H3,(H,28,35)(H,27,30,33)/t17?,18-,20+,21?,23+,26-,40-/m0/s1. The monoisotopic (exact) mass is 583 g/mol. The number of carbonyl (C=O) groups excluding carboxylic acids is 1. The number of aliphatic hydroxyl groups excluding tert-OH is 1. The molecule has 1 fully saturated rings. The van der Waals surface area contributed by atoms with Crippen LogP contribution in [0.15, 0.2) is 52.2 Å². The van der Waals surface area contributed by atoms with Crippen molar-refractivity contribution >= 4 is 13.7 Å². The summed E-state index contributed by atoms with van der Waals surface area (Å²) in [6.07, 6.45) is -2.23. The molecule has 40 heavy (non-hydrogen) atoms. The maximum atomic E-state index is 13.8. The highest BCUT2D eigenvalue weighted by Gasteiger charge is 2.52. The number of carbonyl (C=O) groups is 1. The molecule has 222 valence electrons. The minimum atomic E-state index is -4.26. The highest BCUT2D eigenvalue weighted by molar-refractivity contribution is 7.52. The van der Waals surface area contributed by atoms with E-state index in [1.165, 1.54) is 20.0 Å². The number of ether oxygens (including phenoxy) is 2. The quantitative estimate of drug-likeness (QED) is 0.199. The molecule has 3 rings (SSSR count). The summed E-state index contributed by atoms with van der Waals surface area (Å²) in [4.78, 5) is 38.2. The Morgan fingerprint density at radius 3 is 2.50 bits per heavy atom. The summed E-state index contributed by atoms with van der Waals surface area (Å²) in [7, 11) is -4.26. The summed E-state index contributed by atoms with van der Waals surface area (Å²) in [6, 6.07) is 8.22. The van der Waals surface area contributed by atoms with Crippen molar-refractivity contribution in [3.63, 3.8) is 0 Å². The van der Waals surface area contributed by atoms with Gasteiger partial charge in [0.25, 0.3) is 5.56 Å². The molecular formula is C26H38N3O10P. The van der Waals surface area contributed by atoms with Crippen LogP contribution in [0.3, 0.4) is 0 Å². The van der Waals surface area contributed by atoms with Gasteiger partial charge >= 0.3 is 19.4 Å². The smallest absolute Gasteiger partial charge is 0.459 e. The van der Waals surface area contributed by atoms with E-state index in [0.717, 1.165) is 10.6 Å². The third-order valence-electron chi connectivity index (χ3n) is 6.40. The minimum absolute atomic E-state index is 0.190. The molecule has 1 aliphatic heterocycles. The Morgan fingerprint density at radius 1 is 1.20 bits per heavy atom. The summed E-state index contributed by atoms with van der Waals surface area (Å²) >= 11 is 0. The third kappa shape index (κ3) is 8.35. The molecule has 13 nitrogen and oxygen atoms in total. The molecule has 7 atom stereocenters. The minimum Gasteiger partial charge on any atom is -0.461 e. The lowest BCUT2D eigenvalue weighted by Crippen LogP contribution is -2.48. The van der Waals surface area contributed by atoms with Gasteiger partial charge in [-0.3, -0.25) is 23.7 Å². The maximum Gasteiger partial charge on any atom is 0.459 e. The van der Waals surface area contributed by atoms with Crippen molar-refractivity contribution in [2.24, 2.45) is 5.92 Å². The number of H-pyrrole nitrogens is 1. The van der Waals surface area contributed by atoms with E-state index in [2.05, 4.69) is 10.1 Å². The number of aromatic amines is 1. The predicted molar refractivity (Wildman–Crippen MR) is 145 cm³/mol. The van der Waals surface area contributed by atoms with Crippen molar-refractivity contribution in [1.82, 2.24) is 14.6 Å². The predicted octanol–water partition coefficient (Wildman–Crippen LogP) is 1.58. The van der Waals surface area contributed by atoms with Crippen LogP contribution < -0.4 is 20.9 Å². The molecule has 2 aromatic rings. The average Bonchev–Trinajstić information content (AvgIpc) is 3.07. The van der Waals surface area contributed by atoms with Gasteiger partial charge in [0.2, 0.25) is 0 Å². The summed E-state index contributed by atoms with van der Waals surface area (Å²) in [5, 5.41) is 24.3. The van der Waals surface area contributed by atoms with Crippen molar-refractivity contribution in [3.05, 3.63) is 63.4 Å². The molecule has 0 aliphatic carbocycles. The van der Waals surface area contributed by atoms with E-state index in [-0.39, 0.29) is 18.4 Å². The van der Waals surface area contributed by atoms with Crippen LogP contribution in [-0.4, -0.2) is 68.4 Å². The average molecular weight is 584 g/mol. The number of hydrogen-bond donors (Lipinski definition) is 4. The summed E-state index contributed by atoms with van der Waals surface area (Å²) in [5.74, 6) is -0.147. The van der Waals surface area contributed by atoms with Gasteiger partial charge in [0, 0.05) is 12.3 Å². The Labute approximate surface area is 232 Å². The fourth-order valence-electron chi connectivity index (χ4n) is 4.30. The number of nitrogens with zero attached hydrogens (tertiary/aromatic N) is 1. The Bertz CT molecular complexity index is 1300. The lowest BCUT2D eigenvalue weighted by atomic mass is 9.93. The number of aliphatic hydroxyl groups is 2. The maximum absolute atomic E-state index is 13.8. The van der Waals surface area contributed by atoms with Crippen LogP contribution in [0.4, 0.5) is 0 Å². The first-order valence-corrected chi connectivity index (χ1v) is 14.6. The lowest BCUT2D eigenvalue weighted by Gasteiger charge is -2.27. The molecule has 0 amide bonds. The molecular weight excluding hydrogens is 545 g/mol. The number of hydrogen-bond acceptors (Lipinski definition) is 10. The van der Waals surface area contributed by atoms with Gasteiger partial charge < -0.3 is 24.2 Å². The van der Waals surface area contributed by atoms with Crippen LogP contribution in [0.2, 0.25) is 0 Å². The molecule has 14 heteroatoms. The molecule has 1 aliphatic rings. The van der Waals surface area contributed by atoms with Crippen molar-refractivity contribution in [3.8, 4) is 5.75 Å². The molecule has 0 bridgehead atoms. The van der Waals surface area contributed by atoms with Gasteiger partial charge in [0.1, 0.15) is 35.7 Å². The Morgan fingerprint density at radius 2 is 1.88 bits per heavy atom. The zero-order valence-corrected chi connectivity index (χ0v) is 24.1. The van der Waals surface area contributed by atoms with Crippen molar-refractivity contribution in [2.75, 3.05) is 6.61 Å². The van der Waals surface area contributed by atoms with Crippen LogP contribution >= 0.6 is 7.75 Å². The molecule has 0 radical (unpaired) electrons. The van der Waals surface area contributed by atoms with Crippen LogP contribution in [-0.2, 0) is 29.9 Å². The van der Waals surface area contributed by atoms with Crippen LogP contribution in [0.1, 0.15) is 41.0 Å². The number of benzene rings is 1. The van der Waals surface area contributed by atoms with Gasteiger partial charge in [-0.1, -0.05) is 32.0 Å². The van der Waals surface area contributed by atoms with E-state index in [1.807, 2.05) is 13.8 Å². The fourth-order valence-corrected chi connectivity index (χ4v) is 5.80. The number of esters is 1. The molecule has 1 saturated heterocycles. The summed E-state index contributed by atoms with van der Waals surface area (Å²) < 4.78 is 37.4. The van der Waals surface area contributed by atoms with Gasteiger partial charge in [-0.25, -0.2) is 9.36 Å². The largest absolute Gasteiger partial charge is 0.461 e. The van der Waals surface area contributed by atoms with E-state index >= 15 is 0 Å². The second kappa shape index (κ2) is 13.2. The Kier molecular flexibility index (Phi) is 10.5. The zero-order chi connectivity index (χ0) is 29.7. The normalized spacial score (nSPS) is 25.8. The van der Waals surface area contributed by atoms with Gasteiger partial charge in [0.15, 0.2) is 0 Å². The summed E-state index contributed by atoms with van der Waals surface area (Å²) in [6.45, 7) is 7.86. The van der Waals surface area contributed by atoms with Crippen LogP contribution in [0.25, 0.3) is 0 Å². The second-order valence-corrected chi connectivity index (χ2v) is 12.2. The Hall–Kier alpha value is -2.80. The SMILES string of the molecule is CC(C)CC(C)OC(=O)[C@H](C)N[P@](=O)(OC[C@H]1OC(Cn2ccc(=O)[nH]c2=O)[C@](C)(O)[C@@H]1O)Oc1ccccc1. The molecule has 1 aromatic carbocycles. The number of rotatable bonds is 13. The number of aromatic nitrogens is 2. The highest BCUT2D eigenvalue weighted by Crippen LogP contribution is 2.46. The van der Waals surface area contributed by atoms with Crippen LogP contribution in [0, 0.1) is 5.92 Å². The second-order valence-electron chi connectivity index (χ2n) is 10.5. The summed E-state index contributed by atoms with van der Waals surface area (Å²) in [5.41, 5.74) is -3.12. The molecule has 0 saturated carbocycles. The van der Waals surface area contributed by atoms with Gasteiger partial charge in [-0.2, -0.15) is 5.09 Å². The number of nitrogens with one attached hydrogen (secondary N) is 2. The van der Waals surface area contributed by atoms with Gasteiger partial charge in [-0.15, -0.1) is 0 Å².